The topological polar surface area (TPSA) is 47.6 Å². The van der Waals surface area contributed by atoms with E-state index in [9.17, 15) is 4.79 Å². The fourth-order valence-corrected chi connectivity index (χ4v) is 2.24. The molecule has 0 amide bonds. The Hall–Kier alpha value is -1.55. The van der Waals surface area contributed by atoms with Crippen molar-refractivity contribution in [3.05, 3.63) is 29.8 Å². The summed E-state index contributed by atoms with van der Waals surface area (Å²) in [6.45, 7) is 5.51. The van der Waals surface area contributed by atoms with Gasteiger partial charge in [0.05, 0.1) is 18.6 Å². The van der Waals surface area contributed by atoms with Gasteiger partial charge in [-0.15, -0.1) is 0 Å². The summed E-state index contributed by atoms with van der Waals surface area (Å²) in [4.78, 5) is 12.1. The first-order valence-electron chi connectivity index (χ1n) is 6.79. The highest BCUT2D eigenvalue weighted by atomic mass is 16.6. The molecule has 1 aromatic carbocycles. The van der Waals surface area contributed by atoms with Crippen LogP contribution < -0.4 is 5.32 Å². The maximum absolute atomic E-state index is 12.1. The first-order chi connectivity index (χ1) is 9.18. The fourth-order valence-electron chi connectivity index (χ4n) is 2.24. The van der Waals surface area contributed by atoms with Gasteiger partial charge in [0, 0.05) is 12.2 Å². The molecule has 0 spiro atoms. The molecule has 0 radical (unpaired) electrons. The number of anilines is 1. The zero-order valence-corrected chi connectivity index (χ0v) is 11.5. The number of rotatable bonds is 5. The molecule has 1 heterocycles. The van der Waals surface area contributed by atoms with Crippen LogP contribution in [0.5, 0.6) is 0 Å². The predicted octanol–water partition coefficient (Wildman–Crippen LogP) is 2.55. The molecular formula is C15H21NO3. The third kappa shape index (κ3) is 3.70. The summed E-state index contributed by atoms with van der Waals surface area (Å²) in [7, 11) is 0. The van der Waals surface area contributed by atoms with Gasteiger partial charge in [-0.3, -0.25) is 4.79 Å². The van der Waals surface area contributed by atoms with Crippen LogP contribution >= 0.6 is 0 Å². The largest absolute Gasteiger partial charge is 0.463 e. The second-order valence-electron chi connectivity index (χ2n) is 4.94. The number of hydrogen-bond donors (Lipinski definition) is 1. The highest BCUT2D eigenvalue weighted by Crippen LogP contribution is 2.31. The summed E-state index contributed by atoms with van der Waals surface area (Å²) in [5.41, 5.74) is 2.07. The molecule has 104 valence electrons. The lowest BCUT2D eigenvalue weighted by molar-refractivity contribution is -0.147. The van der Waals surface area contributed by atoms with Crippen LogP contribution in [-0.2, 0) is 14.3 Å². The molecule has 1 aliphatic heterocycles. The first kappa shape index (κ1) is 13.9. The molecule has 0 aliphatic carbocycles. The molecule has 1 atom stereocenters. The summed E-state index contributed by atoms with van der Waals surface area (Å²) in [6.07, 6.45) is 0.944. The van der Waals surface area contributed by atoms with Gasteiger partial charge in [0.15, 0.2) is 0 Å². The average Bonchev–Trinajstić information content (AvgIpc) is 2.42. The van der Waals surface area contributed by atoms with Gasteiger partial charge in [0.25, 0.3) is 0 Å². The van der Waals surface area contributed by atoms with Crippen LogP contribution in [0.3, 0.4) is 0 Å². The Balaban J connectivity index is 1.90. The van der Waals surface area contributed by atoms with E-state index in [4.69, 9.17) is 9.47 Å². The average molecular weight is 263 g/mol. The summed E-state index contributed by atoms with van der Waals surface area (Å²) < 4.78 is 10.7. The van der Waals surface area contributed by atoms with Crippen molar-refractivity contribution in [3.63, 3.8) is 0 Å². The number of nitrogens with one attached hydrogen (secondary N) is 1. The summed E-state index contributed by atoms with van der Waals surface area (Å²) in [5.74, 6) is -0.308. The Morgan fingerprint density at radius 1 is 1.37 bits per heavy atom. The van der Waals surface area contributed by atoms with Crippen LogP contribution in [0.1, 0.15) is 31.7 Å². The van der Waals surface area contributed by atoms with Crippen LogP contribution in [0.2, 0.25) is 0 Å². The van der Waals surface area contributed by atoms with Crippen molar-refractivity contribution < 1.29 is 14.3 Å². The number of carbonyl (C=O) groups excluding carboxylic acids is 1. The first-order valence-corrected chi connectivity index (χ1v) is 6.79. The van der Waals surface area contributed by atoms with Crippen molar-refractivity contribution in [2.75, 3.05) is 25.1 Å². The van der Waals surface area contributed by atoms with E-state index >= 15 is 0 Å². The second kappa shape index (κ2) is 6.57. The van der Waals surface area contributed by atoms with Gasteiger partial charge >= 0.3 is 5.97 Å². The lowest BCUT2D eigenvalue weighted by Crippen LogP contribution is -2.25. The van der Waals surface area contributed by atoms with Crippen molar-refractivity contribution >= 4 is 11.7 Å². The van der Waals surface area contributed by atoms with E-state index < -0.39 is 0 Å². The van der Waals surface area contributed by atoms with Gasteiger partial charge in [-0.2, -0.15) is 0 Å². The molecule has 4 nitrogen and oxygen atoms in total. The van der Waals surface area contributed by atoms with Gasteiger partial charge in [-0.25, -0.2) is 0 Å². The molecular weight excluding hydrogens is 242 g/mol. The minimum atomic E-state index is -0.156. The number of esters is 1. The molecule has 4 heteroatoms. The van der Waals surface area contributed by atoms with Gasteiger partial charge in [0.1, 0.15) is 6.61 Å². The van der Waals surface area contributed by atoms with E-state index in [-0.39, 0.29) is 18.0 Å². The number of benzene rings is 1. The second-order valence-corrected chi connectivity index (χ2v) is 4.94. The molecule has 1 aromatic rings. The SMILES string of the molecule is CC(C)OCCOC(=O)C1CCNc2ccccc21. The Labute approximate surface area is 114 Å². The normalized spacial score (nSPS) is 17.7. The number of para-hydroxylation sites is 1. The van der Waals surface area contributed by atoms with Crippen LogP contribution in [0, 0.1) is 0 Å². The molecule has 2 rings (SSSR count). The molecule has 0 fully saturated rings. The predicted molar refractivity (Wildman–Crippen MR) is 74.3 cm³/mol. The standard InChI is InChI=1S/C15H21NO3/c1-11(2)18-9-10-19-15(17)13-7-8-16-14-6-4-3-5-12(13)14/h3-6,11,13,16H,7-10H2,1-2H3. The van der Waals surface area contributed by atoms with Crippen molar-refractivity contribution in [3.8, 4) is 0 Å². The lowest BCUT2D eigenvalue weighted by Gasteiger charge is -2.25. The van der Waals surface area contributed by atoms with Crippen molar-refractivity contribution in [1.82, 2.24) is 0 Å². The van der Waals surface area contributed by atoms with E-state index in [0.29, 0.717) is 13.2 Å². The molecule has 1 unspecified atom stereocenters. The molecule has 0 bridgehead atoms. The van der Waals surface area contributed by atoms with Crippen molar-refractivity contribution in [2.24, 2.45) is 0 Å². The lowest BCUT2D eigenvalue weighted by atomic mass is 9.91. The van der Waals surface area contributed by atoms with Gasteiger partial charge in [-0.1, -0.05) is 18.2 Å². The number of hydrogen-bond acceptors (Lipinski definition) is 4. The van der Waals surface area contributed by atoms with Crippen LogP contribution in [0.15, 0.2) is 24.3 Å². The zero-order chi connectivity index (χ0) is 13.7. The Morgan fingerprint density at radius 2 is 2.16 bits per heavy atom. The molecule has 0 saturated carbocycles. The zero-order valence-electron chi connectivity index (χ0n) is 11.5. The van der Waals surface area contributed by atoms with Crippen LogP contribution in [0.4, 0.5) is 5.69 Å². The minimum absolute atomic E-state index is 0.152. The maximum Gasteiger partial charge on any atom is 0.313 e. The highest BCUT2D eigenvalue weighted by molar-refractivity contribution is 5.81. The minimum Gasteiger partial charge on any atom is -0.463 e. The van der Waals surface area contributed by atoms with E-state index in [2.05, 4.69) is 5.32 Å². The number of ether oxygens (including phenoxy) is 2. The van der Waals surface area contributed by atoms with E-state index in [1.54, 1.807) is 0 Å². The molecule has 1 N–H and O–H groups in total. The molecule has 0 saturated heterocycles. The summed E-state index contributed by atoms with van der Waals surface area (Å²) in [5, 5.41) is 3.30. The van der Waals surface area contributed by atoms with Gasteiger partial charge in [0.2, 0.25) is 0 Å². The fraction of sp³-hybridized carbons (Fsp3) is 0.533. The molecule has 19 heavy (non-hydrogen) atoms. The number of fused-ring (bicyclic) bond motifs is 1. The Kier molecular flexibility index (Phi) is 4.80. The highest BCUT2D eigenvalue weighted by Gasteiger charge is 2.27. The smallest absolute Gasteiger partial charge is 0.313 e. The molecule has 0 aromatic heterocycles. The van der Waals surface area contributed by atoms with E-state index in [0.717, 1.165) is 24.2 Å². The third-order valence-corrected chi connectivity index (χ3v) is 3.15. The van der Waals surface area contributed by atoms with E-state index in [1.165, 1.54) is 0 Å². The van der Waals surface area contributed by atoms with Gasteiger partial charge in [-0.05, 0) is 31.9 Å². The number of carbonyl (C=O) groups is 1. The Morgan fingerprint density at radius 3 is 2.95 bits per heavy atom. The third-order valence-electron chi connectivity index (χ3n) is 3.15. The quantitative estimate of drug-likeness (QED) is 0.655. The maximum atomic E-state index is 12.1. The van der Waals surface area contributed by atoms with Gasteiger partial charge < -0.3 is 14.8 Å². The van der Waals surface area contributed by atoms with Crippen LogP contribution in [0.25, 0.3) is 0 Å². The van der Waals surface area contributed by atoms with E-state index in [1.807, 2.05) is 38.1 Å². The molecule has 1 aliphatic rings. The van der Waals surface area contributed by atoms with Crippen LogP contribution in [-0.4, -0.2) is 31.8 Å². The van der Waals surface area contributed by atoms with Crippen molar-refractivity contribution in [2.45, 2.75) is 32.3 Å². The monoisotopic (exact) mass is 263 g/mol. The van der Waals surface area contributed by atoms with Crippen molar-refractivity contribution in [1.29, 1.82) is 0 Å². The summed E-state index contributed by atoms with van der Waals surface area (Å²) >= 11 is 0. The summed E-state index contributed by atoms with van der Waals surface area (Å²) in [6, 6.07) is 7.90. The Bertz CT molecular complexity index is 431.